The Labute approximate surface area is 868 Å². The average molecular weight is 2100 g/mol. The molecule has 0 saturated carbocycles. The highest BCUT2D eigenvalue weighted by molar-refractivity contribution is 6.08. The Bertz CT molecular complexity index is 4960. The second kappa shape index (κ2) is 54.0. The van der Waals surface area contributed by atoms with Crippen molar-refractivity contribution in [3.63, 3.8) is 0 Å². The van der Waals surface area contributed by atoms with Crippen molar-refractivity contribution in [2.75, 3.05) is 98.4 Å². The molecule has 0 aromatic heterocycles. The van der Waals surface area contributed by atoms with Gasteiger partial charge >= 0.3 is 18.3 Å². The standard InChI is InChI=1S/C102H138N18O30/c1-61-91(136)118(97(142)148-100(4,5)6)76(46-67(121)58-145-55-64-28-16-13-17-29-64)94(139)115-43-25-37-73(115)88(133)106-53-83(128)113-41-23-35-71(113)86(131)104-50-80(125)110-63(3)93(138)120(99(144)150-102(10,11)12)78(48-69(123)60-147-57-66-32-20-15-21-33-66)96(141)117-45-27-39-75(117)90(135)108-54-84(129)114-42-24-36-72(114)87(132)105-51-81(126)111-62(2)92(137)119(98(143)149-101(7,8)9)77(47-68(122)59-146-56-65-30-18-14-19-31-65)95(140)116-44-26-38-74(116)89(134)107-52-82(127)112-40-22-34-70(112)85(130)103-49-79(124)109-61/h13-21,28-33,61-63,70-78H,22-27,34-60H2,1-12H3,(H,103,130)(H,104,131)(H,105,132)(H,106,133)(H,107,134)(H,108,135)(H,109,124)(H,110,125)(H,111,126)/t61-,62-,63-,70-,71-,72-,73-,74-,75-,76-,77-,78-/m0/s1. The van der Waals surface area contributed by atoms with E-state index in [1.165, 1.54) is 62.3 Å². The number of rotatable bonds is 18. The van der Waals surface area contributed by atoms with Gasteiger partial charge < -0.3 is 106 Å². The topological polar surface area (TPSA) is 602 Å². The van der Waals surface area contributed by atoms with Crippen molar-refractivity contribution in [1.82, 2.24) is 92.0 Å². The number of hydrogen-bond acceptors (Lipinski definition) is 30. The number of benzene rings is 3. The summed E-state index contributed by atoms with van der Waals surface area (Å²) in [6, 6.07) is 5.85. The summed E-state index contributed by atoms with van der Waals surface area (Å²) >= 11 is 0. The number of nitrogens with one attached hydrogen (secondary N) is 9. The van der Waals surface area contributed by atoms with Crippen molar-refractivity contribution in [3.05, 3.63) is 108 Å². The van der Waals surface area contributed by atoms with Crippen LogP contribution >= 0.6 is 0 Å². The normalized spacial score (nSPS) is 24.4. The molecule has 7 aliphatic rings. The number of nitrogens with zero attached hydrogens (tertiary/aromatic N) is 9. The molecule has 0 aliphatic carbocycles. The minimum atomic E-state index is -2.14. The van der Waals surface area contributed by atoms with Gasteiger partial charge in [-0.2, -0.15) is 0 Å². The molecule has 0 radical (unpaired) electrons. The minimum Gasteiger partial charge on any atom is -0.443 e. The van der Waals surface area contributed by atoms with Gasteiger partial charge in [0, 0.05) is 58.5 Å². The quantitative estimate of drug-likeness (QED) is 0.0762. The molecule has 0 unspecified atom stereocenters. The molecular formula is C102H138N18O30. The van der Waals surface area contributed by atoms with E-state index < -0.39 is 310 Å². The van der Waals surface area contributed by atoms with Crippen LogP contribution in [0.3, 0.4) is 0 Å². The fraction of sp³-hybridized carbons (Fsp3) is 0.588. The van der Waals surface area contributed by atoms with Gasteiger partial charge in [-0.15, -0.1) is 0 Å². The van der Waals surface area contributed by atoms with Crippen LogP contribution in [-0.2, 0) is 149 Å². The van der Waals surface area contributed by atoms with Crippen molar-refractivity contribution >= 4 is 142 Å². The van der Waals surface area contributed by atoms with Gasteiger partial charge in [-0.3, -0.25) is 101 Å². The Balaban J connectivity index is 0.932. The van der Waals surface area contributed by atoms with Gasteiger partial charge in [-0.25, -0.2) is 29.1 Å². The maximum Gasteiger partial charge on any atom is 0.417 e. The number of amides is 21. The van der Waals surface area contributed by atoms with Gasteiger partial charge in [-0.05, 0) is 177 Å². The Morgan fingerprint density at radius 3 is 0.693 bits per heavy atom. The molecule has 10 rings (SSSR count). The van der Waals surface area contributed by atoms with E-state index in [0.29, 0.717) is 31.4 Å². The number of carbonyl (C=O) groups excluding carboxylic acids is 24. The molecule has 0 bridgehead atoms. The van der Waals surface area contributed by atoms with E-state index >= 15 is 28.8 Å². The van der Waals surface area contributed by atoms with E-state index in [2.05, 4.69) is 47.9 Å². The van der Waals surface area contributed by atoms with E-state index in [1.54, 1.807) is 91.0 Å². The van der Waals surface area contributed by atoms with Crippen LogP contribution in [0.1, 0.15) is 196 Å². The predicted octanol–water partition coefficient (Wildman–Crippen LogP) is 0.0822. The monoisotopic (exact) mass is 2090 g/mol. The van der Waals surface area contributed by atoms with Crippen LogP contribution in [0.2, 0.25) is 0 Å². The predicted molar refractivity (Wildman–Crippen MR) is 527 cm³/mol. The zero-order valence-electron chi connectivity index (χ0n) is 86.7. The molecule has 0 spiro atoms. The zero-order valence-corrected chi connectivity index (χ0v) is 86.7. The summed E-state index contributed by atoms with van der Waals surface area (Å²) in [4.78, 5) is 357. The van der Waals surface area contributed by atoms with Crippen molar-refractivity contribution in [2.24, 2.45) is 0 Å². The second-order valence-corrected chi connectivity index (χ2v) is 40.8. The number of ether oxygens (including phenoxy) is 6. The van der Waals surface area contributed by atoms with Crippen LogP contribution in [0.15, 0.2) is 91.0 Å². The molecule has 3 aromatic carbocycles. The summed E-state index contributed by atoms with van der Waals surface area (Å²) in [7, 11) is 0. The van der Waals surface area contributed by atoms with Crippen molar-refractivity contribution in [2.45, 2.75) is 289 Å². The van der Waals surface area contributed by atoms with Crippen LogP contribution in [0.5, 0.6) is 0 Å². The molecule has 3 aromatic rings. The Hall–Kier alpha value is -14.6. The first-order chi connectivity index (χ1) is 71.0. The van der Waals surface area contributed by atoms with Gasteiger partial charge in [-0.1, -0.05) is 91.0 Å². The molecule has 9 N–H and O–H groups in total. The highest BCUT2D eigenvalue weighted by Crippen LogP contribution is 2.31. The summed E-state index contributed by atoms with van der Waals surface area (Å²) in [5, 5.41) is 22.0. The maximum atomic E-state index is 15.5. The van der Waals surface area contributed by atoms with Crippen molar-refractivity contribution < 1.29 is 143 Å². The van der Waals surface area contributed by atoms with Crippen LogP contribution < -0.4 is 47.9 Å². The van der Waals surface area contributed by atoms with Gasteiger partial charge in [0.2, 0.25) is 88.6 Å². The minimum absolute atomic E-state index is 0.0336. The average Bonchev–Trinajstić information content (AvgIpc) is 1.50. The number of ketones is 3. The molecule has 21 amide bonds. The van der Waals surface area contributed by atoms with Gasteiger partial charge in [0.15, 0.2) is 17.3 Å². The van der Waals surface area contributed by atoms with Crippen LogP contribution in [0.4, 0.5) is 14.4 Å². The second-order valence-electron chi connectivity index (χ2n) is 40.8. The fourth-order valence-corrected chi connectivity index (χ4v) is 18.5. The summed E-state index contributed by atoms with van der Waals surface area (Å²) in [6.45, 7) is 8.08. The molecule has 7 saturated heterocycles. The third-order valence-corrected chi connectivity index (χ3v) is 25.6. The lowest BCUT2D eigenvalue weighted by molar-refractivity contribution is -0.150. The lowest BCUT2D eigenvalue weighted by atomic mass is 10.0. The van der Waals surface area contributed by atoms with Crippen molar-refractivity contribution in [3.8, 4) is 0 Å². The van der Waals surface area contributed by atoms with Crippen LogP contribution in [-0.4, -0.2) is 374 Å². The van der Waals surface area contributed by atoms with E-state index in [4.69, 9.17) is 28.4 Å². The smallest absolute Gasteiger partial charge is 0.417 e. The number of fused-ring (bicyclic) bond motifs is 6. The molecular weight excluding hydrogens is 1960 g/mol. The number of Topliss-reactive ketones (excluding diaryl/α,β-unsaturated/α-hetero) is 3. The molecule has 7 heterocycles. The first-order valence-electron chi connectivity index (χ1n) is 50.4. The number of imide groups is 3. The molecule has 48 nitrogen and oxygen atoms in total. The van der Waals surface area contributed by atoms with Crippen LogP contribution in [0, 0.1) is 0 Å². The molecule has 12 atom stereocenters. The van der Waals surface area contributed by atoms with Gasteiger partial charge in [0.05, 0.1) is 59.1 Å². The molecule has 150 heavy (non-hydrogen) atoms. The largest absolute Gasteiger partial charge is 0.443 e. The summed E-state index contributed by atoms with van der Waals surface area (Å²) < 4.78 is 34.4. The van der Waals surface area contributed by atoms with Crippen molar-refractivity contribution in [1.29, 1.82) is 0 Å². The Morgan fingerprint density at radius 1 is 0.280 bits per heavy atom. The van der Waals surface area contributed by atoms with Gasteiger partial charge in [0.25, 0.3) is 17.7 Å². The summed E-state index contributed by atoms with van der Waals surface area (Å²) in [6.07, 6.45) is -6.42. The van der Waals surface area contributed by atoms with E-state index in [0.717, 1.165) is 50.2 Å². The molecule has 7 aliphatic heterocycles. The van der Waals surface area contributed by atoms with E-state index in [1.807, 2.05) is 0 Å². The first-order valence-corrected chi connectivity index (χ1v) is 50.4. The Morgan fingerprint density at radius 2 is 0.480 bits per heavy atom. The summed E-state index contributed by atoms with van der Waals surface area (Å²) in [5.41, 5.74) is -2.32. The first kappa shape index (κ1) is 117. The maximum absolute atomic E-state index is 15.5. The zero-order chi connectivity index (χ0) is 110. The van der Waals surface area contributed by atoms with Gasteiger partial charge in [0.1, 0.15) is 109 Å². The highest BCUT2D eigenvalue weighted by Gasteiger charge is 2.52. The highest BCUT2D eigenvalue weighted by atomic mass is 16.6. The lowest BCUT2D eigenvalue weighted by Gasteiger charge is -2.36. The Kier molecular flexibility index (Phi) is 42.3. The van der Waals surface area contributed by atoms with E-state index in [-0.39, 0.29) is 136 Å². The summed E-state index contributed by atoms with van der Waals surface area (Å²) in [5.74, 6) is -21.0. The molecule has 48 heteroatoms. The number of hydrogen-bond donors (Lipinski definition) is 9. The van der Waals surface area contributed by atoms with E-state index in [9.17, 15) is 86.3 Å². The molecule has 7 fully saturated rings. The SMILES string of the molecule is C[C@@H]1NC(=O)CNC(=O)[C@@H]2CCCN2C(=O)CNC(=O)[C@@H]2CCCN2C(=O)[C@H](CC(=O)COCc2ccccc2)N(C(=O)OC(C)(C)C)C(=O)[C@H](C)NC(=O)CNC(=O)[C@@H]2CCCN2C(=O)CNC(=O)[C@@H]2CCCN2C(=O)[C@H](CC(=O)COCc2ccccc2)N(C(=O)OC(C)(C)C)C(=O)[C@H](C)NC(=O)CNC(=O)[C@@H]2CCCN2C(=O)CNC(=O)[C@@H]2CCCN2C(=O)[C@H](CC(=O)COCc2ccccc2)N(C(=O)OC(C)(C)C)C1=O. The third-order valence-electron chi connectivity index (χ3n) is 25.6. The third kappa shape index (κ3) is 33.5. The lowest BCUT2D eigenvalue weighted by Crippen LogP contribution is -2.61. The fourth-order valence-electron chi connectivity index (χ4n) is 18.5. The van der Waals surface area contributed by atoms with Crippen LogP contribution in [0.25, 0.3) is 0 Å². The molecule has 816 valence electrons. The number of carbonyl (C=O) groups is 24.